The van der Waals surface area contributed by atoms with Gasteiger partial charge in [0.1, 0.15) is 5.75 Å². The molecule has 15 heteroatoms. The Morgan fingerprint density at radius 1 is 0.918 bits per heavy atom. The quantitative estimate of drug-likeness (QED) is 0.152. The standard InChI is InChI=1S/C34H45F6N3O6/c1-23-5-6-25(14-31(23)49-22-47-12-11-45-3)13-29-18-41(7-9-42-19-30(21-46-4)48-20-24(42)2)8-10-43(29)32(44)26-15-27(33(35,36)37)17-28(16-26)34(38,39)40/h5-6,14-17,24,29-30H,7-13,18-22H2,1-4H3. The number of methoxy groups -OCH3 is 2. The molecule has 2 saturated heterocycles. The van der Waals surface area contributed by atoms with Gasteiger partial charge in [-0.05, 0) is 55.7 Å². The number of aryl methyl sites for hydroxylation is 1. The summed E-state index contributed by atoms with van der Waals surface area (Å²) in [5.41, 5.74) is -2.09. The van der Waals surface area contributed by atoms with Gasteiger partial charge in [0, 0.05) is 71.1 Å². The number of amides is 1. The van der Waals surface area contributed by atoms with E-state index < -0.39 is 41.0 Å². The Morgan fingerprint density at radius 3 is 2.29 bits per heavy atom. The van der Waals surface area contributed by atoms with Crippen LogP contribution in [0.2, 0.25) is 0 Å². The minimum absolute atomic E-state index is 0.0161. The van der Waals surface area contributed by atoms with Crippen LogP contribution in [0.4, 0.5) is 26.3 Å². The Bertz CT molecular complexity index is 1340. The molecule has 2 aromatic rings. The molecule has 49 heavy (non-hydrogen) atoms. The molecule has 274 valence electrons. The number of rotatable bonds is 14. The highest BCUT2D eigenvalue weighted by Gasteiger charge is 2.39. The van der Waals surface area contributed by atoms with E-state index in [0.29, 0.717) is 83.5 Å². The summed E-state index contributed by atoms with van der Waals surface area (Å²) >= 11 is 0. The monoisotopic (exact) mass is 705 g/mol. The molecule has 3 atom stereocenters. The smallest absolute Gasteiger partial charge is 0.416 e. The van der Waals surface area contributed by atoms with Crippen molar-refractivity contribution in [1.82, 2.24) is 14.7 Å². The molecule has 1 amide bonds. The highest BCUT2D eigenvalue weighted by Crippen LogP contribution is 2.37. The number of morpholine rings is 1. The number of carbonyl (C=O) groups is 1. The molecule has 9 nitrogen and oxygen atoms in total. The lowest BCUT2D eigenvalue weighted by Crippen LogP contribution is -2.58. The number of carbonyl (C=O) groups excluding carboxylic acids is 1. The maximum absolute atomic E-state index is 13.8. The van der Waals surface area contributed by atoms with Gasteiger partial charge in [0.15, 0.2) is 6.79 Å². The molecule has 2 aromatic carbocycles. The summed E-state index contributed by atoms with van der Waals surface area (Å²) in [6, 6.07) is 6.19. The van der Waals surface area contributed by atoms with Gasteiger partial charge in [-0.3, -0.25) is 14.6 Å². The van der Waals surface area contributed by atoms with Gasteiger partial charge in [-0.25, -0.2) is 0 Å². The topological polar surface area (TPSA) is 72.9 Å². The van der Waals surface area contributed by atoms with E-state index in [4.69, 9.17) is 23.7 Å². The lowest BCUT2D eigenvalue weighted by molar-refractivity contribution is -0.143. The molecule has 0 N–H and O–H groups in total. The van der Waals surface area contributed by atoms with E-state index >= 15 is 0 Å². The molecule has 0 aliphatic carbocycles. The van der Waals surface area contributed by atoms with Crippen LogP contribution in [-0.4, -0.2) is 126 Å². The summed E-state index contributed by atoms with van der Waals surface area (Å²) in [4.78, 5) is 19.7. The van der Waals surface area contributed by atoms with Crippen LogP contribution >= 0.6 is 0 Å². The predicted octanol–water partition coefficient (Wildman–Crippen LogP) is 5.14. The van der Waals surface area contributed by atoms with Crippen molar-refractivity contribution in [2.45, 2.75) is 50.8 Å². The summed E-state index contributed by atoms with van der Waals surface area (Å²) in [7, 11) is 3.18. The summed E-state index contributed by atoms with van der Waals surface area (Å²) in [6.45, 7) is 8.62. The third kappa shape index (κ3) is 11.0. The molecule has 2 fully saturated rings. The second kappa shape index (κ2) is 17.3. The molecule has 3 unspecified atom stereocenters. The number of hydrogen-bond acceptors (Lipinski definition) is 8. The van der Waals surface area contributed by atoms with E-state index in [9.17, 15) is 31.1 Å². The van der Waals surface area contributed by atoms with E-state index in [1.54, 1.807) is 14.2 Å². The van der Waals surface area contributed by atoms with E-state index in [2.05, 4.69) is 16.7 Å². The normalized spacial score (nSPS) is 21.3. The fourth-order valence-corrected chi connectivity index (χ4v) is 6.06. The first-order valence-electron chi connectivity index (χ1n) is 16.2. The number of hydrogen-bond donors (Lipinski definition) is 0. The molecule has 0 radical (unpaired) electrons. The van der Waals surface area contributed by atoms with Crippen LogP contribution in [0.15, 0.2) is 36.4 Å². The van der Waals surface area contributed by atoms with Crippen LogP contribution in [0, 0.1) is 6.92 Å². The van der Waals surface area contributed by atoms with Gasteiger partial charge in [-0.1, -0.05) is 12.1 Å². The molecule has 0 bridgehead atoms. The fourth-order valence-electron chi connectivity index (χ4n) is 6.06. The van der Waals surface area contributed by atoms with E-state index in [1.165, 1.54) is 4.90 Å². The third-order valence-electron chi connectivity index (χ3n) is 8.81. The third-order valence-corrected chi connectivity index (χ3v) is 8.81. The molecule has 0 saturated carbocycles. The Hall–Kier alpha value is -2.95. The highest BCUT2D eigenvalue weighted by atomic mass is 19.4. The van der Waals surface area contributed by atoms with Crippen LogP contribution in [-0.2, 0) is 37.7 Å². The number of nitrogens with zero attached hydrogens (tertiary/aromatic N) is 3. The number of alkyl halides is 6. The predicted molar refractivity (Wildman–Crippen MR) is 169 cm³/mol. The Kier molecular flexibility index (Phi) is 13.7. The van der Waals surface area contributed by atoms with Gasteiger partial charge in [0.25, 0.3) is 5.91 Å². The molecule has 2 aliphatic heterocycles. The molecule has 2 aliphatic rings. The number of benzene rings is 2. The maximum Gasteiger partial charge on any atom is 0.416 e. The van der Waals surface area contributed by atoms with Crippen molar-refractivity contribution in [3.8, 4) is 5.75 Å². The SMILES string of the molecule is COCCOCOc1cc(CC2CN(CCN3CC(COC)OCC3C)CCN2C(=O)c2cc(C(F)(F)F)cc(C(F)(F)F)c2)ccc1C. The van der Waals surface area contributed by atoms with Crippen LogP contribution in [0.1, 0.15) is 39.5 Å². The van der Waals surface area contributed by atoms with Gasteiger partial charge in [-0.15, -0.1) is 0 Å². The Balaban J connectivity index is 1.57. The molecular weight excluding hydrogens is 660 g/mol. The van der Waals surface area contributed by atoms with Gasteiger partial charge in [0.2, 0.25) is 0 Å². The van der Waals surface area contributed by atoms with E-state index in [-0.39, 0.29) is 31.5 Å². The first kappa shape index (κ1) is 38.8. The van der Waals surface area contributed by atoms with Crippen molar-refractivity contribution in [2.75, 3.05) is 86.7 Å². The van der Waals surface area contributed by atoms with E-state index in [0.717, 1.165) is 11.1 Å². The minimum Gasteiger partial charge on any atom is -0.467 e. The summed E-state index contributed by atoms with van der Waals surface area (Å²) in [5.74, 6) is -0.333. The molecular formula is C34H45F6N3O6. The molecule has 0 aromatic heterocycles. The van der Waals surface area contributed by atoms with Crippen molar-refractivity contribution in [3.05, 3.63) is 64.2 Å². The Labute approximate surface area is 283 Å². The summed E-state index contributed by atoms with van der Waals surface area (Å²) < 4.78 is 109. The first-order chi connectivity index (χ1) is 23.2. The zero-order valence-corrected chi connectivity index (χ0v) is 28.2. The van der Waals surface area contributed by atoms with Gasteiger partial charge in [-0.2, -0.15) is 26.3 Å². The lowest BCUT2D eigenvalue weighted by atomic mass is 9.98. The largest absolute Gasteiger partial charge is 0.467 e. The highest BCUT2D eigenvalue weighted by molar-refractivity contribution is 5.95. The van der Waals surface area contributed by atoms with Gasteiger partial charge >= 0.3 is 12.4 Å². The summed E-state index contributed by atoms with van der Waals surface area (Å²) in [6.07, 6.45) is -9.91. The second-order valence-electron chi connectivity index (χ2n) is 12.5. The van der Waals surface area contributed by atoms with Gasteiger partial charge < -0.3 is 28.6 Å². The molecule has 2 heterocycles. The number of piperazine rings is 1. The van der Waals surface area contributed by atoms with Crippen molar-refractivity contribution in [2.24, 2.45) is 0 Å². The van der Waals surface area contributed by atoms with Crippen LogP contribution in [0.5, 0.6) is 5.75 Å². The van der Waals surface area contributed by atoms with E-state index in [1.807, 2.05) is 25.1 Å². The maximum atomic E-state index is 13.8. The minimum atomic E-state index is -5.07. The average molecular weight is 706 g/mol. The van der Waals surface area contributed by atoms with Crippen LogP contribution in [0.3, 0.4) is 0 Å². The number of halogens is 6. The molecule has 0 spiro atoms. The van der Waals surface area contributed by atoms with Crippen molar-refractivity contribution >= 4 is 5.91 Å². The van der Waals surface area contributed by atoms with Crippen molar-refractivity contribution in [1.29, 1.82) is 0 Å². The first-order valence-corrected chi connectivity index (χ1v) is 16.2. The summed E-state index contributed by atoms with van der Waals surface area (Å²) in [5, 5.41) is 0. The lowest BCUT2D eigenvalue weighted by Gasteiger charge is -2.43. The van der Waals surface area contributed by atoms with Crippen LogP contribution in [0.25, 0.3) is 0 Å². The van der Waals surface area contributed by atoms with Crippen LogP contribution < -0.4 is 4.74 Å². The van der Waals surface area contributed by atoms with Crippen molar-refractivity contribution < 1.29 is 54.8 Å². The Morgan fingerprint density at radius 2 is 1.63 bits per heavy atom. The second-order valence-corrected chi connectivity index (χ2v) is 12.5. The zero-order chi connectivity index (χ0) is 35.8. The average Bonchev–Trinajstić information content (AvgIpc) is 3.05. The fraction of sp³-hybridized carbons (Fsp3) is 0.618. The number of ether oxygens (including phenoxy) is 5. The zero-order valence-electron chi connectivity index (χ0n) is 28.2. The van der Waals surface area contributed by atoms with Gasteiger partial charge in [0.05, 0.1) is 43.7 Å². The molecule has 4 rings (SSSR count). The van der Waals surface area contributed by atoms with Crippen molar-refractivity contribution in [3.63, 3.8) is 0 Å².